The number of aryl methyl sites for hydroxylation is 2. The molecule has 2 aromatic rings. The van der Waals surface area contributed by atoms with Crippen LogP contribution in [-0.4, -0.2) is 68.1 Å². The molecule has 2 aromatic heterocycles. The number of hydrogen-bond donors (Lipinski definition) is 0. The highest BCUT2D eigenvalue weighted by Gasteiger charge is 2.25. The molecular formula is C20H30N6O2. The van der Waals surface area contributed by atoms with Gasteiger partial charge in [0.25, 0.3) is 5.91 Å². The lowest BCUT2D eigenvalue weighted by Crippen LogP contribution is -2.36. The van der Waals surface area contributed by atoms with Crippen LogP contribution in [0.15, 0.2) is 12.3 Å². The Hall–Kier alpha value is -2.19. The lowest BCUT2D eigenvalue weighted by molar-refractivity contribution is 0.0748. The van der Waals surface area contributed by atoms with Crippen molar-refractivity contribution in [3.8, 4) is 0 Å². The van der Waals surface area contributed by atoms with Gasteiger partial charge in [-0.15, -0.1) is 0 Å². The first-order valence-electron chi connectivity index (χ1n) is 10.4. The lowest BCUT2D eigenvalue weighted by atomic mass is 10.1. The van der Waals surface area contributed by atoms with Crippen LogP contribution in [0.3, 0.4) is 0 Å². The molecule has 28 heavy (non-hydrogen) atoms. The number of fused-ring (bicyclic) bond motifs is 1. The van der Waals surface area contributed by atoms with Crippen LogP contribution in [0, 0.1) is 0 Å². The predicted octanol–water partition coefficient (Wildman–Crippen LogP) is 1.54. The molecule has 8 nitrogen and oxygen atoms in total. The Morgan fingerprint density at radius 3 is 2.82 bits per heavy atom. The first-order chi connectivity index (χ1) is 13.7. The van der Waals surface area contributed by atoms with Crippen molar-refractivity contribution in [3.63, 3.8) is 0 Å². The fourth-order valence-corrected chi connectivity index (χ4v) is 4.24. The second kappa shape index (κ2) is 8.45. The minimum atomic E-state index is 0.0854. The largest absolute Gasteiger partial charge is 0.376 e. The van der Waals surface area contributed by atoms with Gasteiger partial charge in [0.05, 0.1) is 18.9 Å². The van der Waals surface area contributed by atoms with Crippen molar-refractivity contribution in [1.29, 1.82) is 0 Å². The molecule has 1 amide bonds. The third-order valence-electron chi connectivity index (χ3n) is 5.76. The molecule has 0 N–H and O–H groups in total. The Labute approximate surface area is 166 Å². The maximum absolute atomic E-state index is 12.9. The van der Waals surface area contributed by atoms with Gasteiger partial charge in [-0.05, 0) is 26.3 Å². The van der Waals surface area contributed by atoms with E-state index < -0.39 is 0 Å². The molecule has 0 aliphatic carbocycles. The molecule has 0 spiro atoms. The van der Waals surface area contributed by atoms with E-state index in [-0.39, 0.29) is 5.91 Å². The van der Waals surface area contributed by atoms with Crippen molar-refractivity contribution < 1.29 is 9.53 Å². The molecule has 0 aromatic carbocycles. The Morgan fingerprint density at radius 1 is 1.14 bits per heavy atom. The first-order valence-corrected chi connectivity index (χ1v) is 10.4. The monoisotopic (exact) mass is 386 g/mol. The van der Waals surface area contributed by atoms with E-state index in [1.807, 2.05) is 17.9 Å². The predicted molar refractivity (Wildman–Crippen MR) is 105 cm³/mol. The zero-order valence-corrected chi connectivity index (χ0v) is 16.9. The van der Waals surface area contributed by atoms with Gasteiger partial charge in [-0.2, -0.15) is 10.2 Å². The van der Waals surface area contributed by atoms with Gasteiger partial charge in [-0.1, -0.05) is 0 Å². The van der Waals surface area contributed by atoms with E-state index in [4.69, 9.17) is 9.84 Å². The van der Waals surface area contributed by atoms with Crippen LogP contribution in [0.5, 0.6) is 0 Å². The summed E-state index contributed by atoms with van der Waals surface area (Å²) < 4.78 is 9.59. The third kappa shape index (κ3) is 3.71. The number of hydrogen-bond acceptors (Lipinski definition) is 5. The average Bonchev–Trinajstić information content (AvgIpc) is 3.26. The Morgan fingerprint density at radius 2 is 2.00 bits per heavy atom. The topological polar surface area (TPSA) is 68.4 Å². The molecule has 4 heterocycles. The van der Waals surface area contributed by atoms with Gasteiger partial charge in [0.2, 0.25) is 0 Å². The molecule has 0 radical (unpaired) electrons. The fourth-order valence-electron chi connectivity index (χ4n) is 4.24. The lowest BCUT2D eigenvalue weighted by Gasteiger charge is -2.22. The van der Waals surface area contributed by atoms with Crippen LogP contribution in [0.4, 0.5) is 0 Å². The highest BCUT2D eigenvalue weighted by molar-refractivity contribution is 5.92. The van der Waals surface area contributed by atoms with Crippen molar-refractivity contribution in [2.45, 2.75) is 52.9 Å². The minimum absolute atomic E-state index is 0.0854. The summed E-state index contributed by atoms with van der Waals surface area (Å²) in [6.45, 7) is 11.4. The summed E-state index contributed by atoms with van der Waals surface area (Å²) in [4.78, 5) is 17.3. The SMILES string of the molecule is CCn1nccc1C(=O)N1CCCN(Cc2nn(CC)c3c2COCC3)CC1. The third-order valence-corrected chi connectivity index (χ3v) is 5.76. The molecule has 0 bridgehead atoms. The standard InChI is InChI=1S/C20H30N6O2/c1-3-25-19(6-8-21-25)20(27)24-10-5-9-23(11-12-24)14-17-16-15-28-13-7-18(16)26(4-2)22-17/h6,8H,3-5,7,9-15H2,1-2H3. The van der Waals surface area contributed by atoms with Crippen LogP contribution < -0.4 is 0 Å². The second-order valence-electron chi connectivity index (χ2n) is 7.44. The van der Waals surface area contributed by atoms with Crippen molar-refractivity contribution in [3.05, 3.63) is 34.9 Å². The molecule has 0 unspecified atom stereocenters. The number of aromatic nitrogens is 4. The van der Waals surface area contributed by atoms with Crippen molar-refractivity contribution in [2.24, 2.45) is 0 Å². The maximum Gasteiger partial charge on any atom is 0.272 e. The van der Waals surface area contributed by atoms with Crippen LogP contribution in [-0.2, 0) is 37.4 Å². The van der Waals surface area contributed by atoms with Crippen LogP contribution in [0.2, 0.25) is 0 Å². The van der Waals surface area contributed by atoms with Gasteiger partial charge >= 0.3 is 0 Å². The number of nitrogens with zero attached hydrogens (tertiary/aromatic N) is 6. The zero-order chi connectivity index (χ0) is 19.5. The quantitative estimate of drug-likeness (QED) is 0.780. The number of carbonyl (C=O) groups is 1. The van der Waals surface area contributed by atoms with E-state index in [2.05, 4.69) is 21.6 Å². The van der Waals surface area contributed by atoms with E-state index in [1.54, 1.807) is 10.9 Å². The Bertz CT molecular complexity index is 827. The van der Waals surface area contributed by atoms with E-state index in [1.165, 1.54) is 11.3 Å². The van der Waals surface area contributed by atoms with Crippen LogP contribution >= 0.6 is 0 Å². The van der Waals surface area contributed by atoms with E-state index in [0.717, 1.165) is 64.4 Å². The first kappa shape index (κ1) is 19.1. The van der Waals surface area contributed by atoms with E-state index in [0.29, 0.717) is 18.8 Å². The van der Waals surface area contributed by atoms with Gasteiger partial charge < -0.3 is 9.64 Å². The van der Waals surface area contributed by atoms with Gasteiger partial charge in [0.1, 0.15) is 5.69 Å². The van der Waals surface area contributed by atoms with E-state index >= 15 is 0 Å². The number of carbonyl (C=O) groups excluding carboxylic acids is 1. The molecule has 2 aliphatic heterocycles. The summed E-state index contributed by atoms with van der Waals surface area (Å²) in [7, 11) is 0. The van der Waals surface area contributed by atoms with E-state index in [9.17, 15) is 4.79 Å². The molecule has 1 saturated heterocycles. The molecule has 0 saturated carbocycles. The molecule has 8 heteroatoms. The average molecular weight is 387 g/mol. The number of amides is 1. The molecule has 1 fully saturated rings. The molecule has 152 valence electrons. The summed E-state index contributed by atoms with van der Waals surface area (Å²) >= 11 is 0. The van der Waals surface area contributed by atoms with Gasteiger partial charge in [0, 0.05) is 69.7 Å². The maximum atomic E-state index is 12.9. The summed E-state index contributed by atoms with van der Waals surface area (Å²) in [6, 6.07) is 1.82. The minimum Gasteiger partial charge on any atom is -0.376 e. The van der Waals surface area contributed by atoms with Gasteiger partial charge in [0.15, 0.2) is 0 Å². The van der Waals surface area contributed by atoms with Crippen molar-refractivity contribution in [1.82, 2.24) is 29.4 Å². The Balaban J connectivity index is 1.42. The van der Waals surface area contributed by atoms with Crippen molar-refractivity contribution >= 4 is 5.91 Å². The molecule has 0 atom stereocenters. The normalized spacial score (nSPS) is 18.1. The Kier molecular flexibility index (Phi) is 5.77. The van der Waals surface area contributed by atoms with Gasteiger partial charge in [-0.25, -0.2) is 0 Å². The number of rotatable bonds is 5. The molecule has 4 rings (SSSR count). The highest BCUT2D eigenvalue weighted by atomic mass is 16.5. The molecule has 2 aliphatic rings. The highest BCUT2D eigenvalue weighted by Crippen LogP contribution is 2.22. The summed E-state index contributed by atoms with van der Waals surface area (Å²) in [6.07, 6.45) is 3.62. The van der Waals surface area contributed by atoms with Crippen molar-refractivity contribution in [2.75, 3.05) is 32.8 Å². The summed E-state index contributed by atoms with van der Waals surface area (Å²) in [5.41, 5.74) is 4.43. The zero-order valence-electron chi connectivity index (χ0n) is 16.9. The second-order valence-corrected chi connectivity index (χ2v) is 7.44. The van der Waals surface area contributed by atoms with Crippen LogP contribution in [0.25, 0.3) is 0 Å². The fraction of sp³-hybridized carbons (Fsp3) is 0.650. The summed E-state index contributed by atoms with van der Waals surface area (Å²) in [5, 5.41) is 9.09. The van der Waals surface area contributed by atoms with Gasteiger partial charge in [-0.3, -0.25) is 19.1 Å². The smallest absolute Gasteiger partial charge is 0.272 e. The molecular weight excluding hydrogens is 356 g/mol. The summed E-state index contributed by atoms with van der Waals surface area (Å²) in [5.74, 6) is 0.0854. The van der Waals surface area contributed by atoms with Crippen LogP contribution in [0.1, 0.15) is 47.7 Å². The number of ether oxygens (including phenoxy) is 1.